The van der Waals surface area contributed by atoms with Crippen LogP contribution < -0.4 is 0 Å². The third-order valence-corrected chi connectivity index (χ3v) is 2.06. The molecule has 78 valence electrons. The van der Waals surface area contributed by atoms with E-state index >= 15 is 0 Å². The zero-order valence-electron chi connectivity index (χ0n) is 8.51. The molecule has 0 saturated heterocycles. The Kier molecular flexibility index (Phi) is 3.77. The van der Waals surface area contributed by atoms with Crippen molar-refractivity contribution in [2.75, 3.05) is 20.6 Å². The molecule has 0 aliphatic heterocycles. The number of aromatic nitrogens is 2. The van der Waals surface area contributed by atoms with Gasteiger partial charge in [-0.3, -0.25) is 0 Å². The van der Waals surface area contributed by atoms with E-state index in [0.717, 1.165) is 6.54 Å². The van der Waals surface area contributed by atoms with Gasteiger partial charge in [0, 0.05) is 13.0 Å². The molecule has 0 atom stereocenters. The molecule has 3 nitrogen and oxygen atoms in total. The first-order chi connectivity index (χ1) is 6.50. The van der Waals surface area contributed by atoms with E-state index in [1.807, 2.05) is 19.0 Å². The van der Waals surface area contributed by atoms with Gasteiger partial charge < -0.3 is 4.90 Å². The van der Waals surface area contributed by atoms with Crippen LogP contribution in [0.2, 0.25) is 5.15 Å². The van der Waals surface area contributed by atoms with Crippen LogP contribution in [0.5, 0.6) is 0 Å². The first kappa shape index (κ1) is 11.3. The highest BCUT2D eigenvalue weighted by molar-refractivity contribution is 6.29. The second kappa shape index (κ2) is 4.66. The van der Waals surface area contributed by atoms with Crippen LogP contribution in [0.15, 0.2) is 0 Å². The van der Waals surface area contributed by atoms with Crippen molar-refractivity contribution in [2.24, 2.45) is 0 Å². The maximum atomic E-state index is 13.0. The molecule has 0 aromatic carbocycles. The van der Waals surface area contributed by atoms with Crippen molar-refractivity contribution in [1.29, 1.82) is 0 Å². The minimum absolute atomic E-state index is 0.0914. The van der Waals surface area contributed by atoms with E-state index in [-0.39, 0.29) is 5.15 Å². The summed E-state index contributed by atoms with van der Waals surface area (Å²) in [6.07, 6.45) is 0.674. The van der Waals surface area contributed by atoms with Crippen LogP contribution >= 0.6 is 11.6 Å². The Morgan fingerprint density at radius 3 is 2.50 bits per heavy atom. The fourth-order valence-electron chi connectivity index (χ4n) is 1.01. The number of halogens is 2. The fraction of sp³-hybridized carbons (Fsp3) is 0.556. The van der Waals surface area contributed by atoms with E-state index in [1.165, 1.54) is 0 Å². The van der Waals surface area contributed by atoms with Crippen molar-refractivity contribution in [3.63, 3.8) is 0 Å². The Morgan fingerprint density at radius 1 is 1.36 bits per heavy atom. The van der Waals surface area contributed by atoms with E-state index in [9.17, 15) is 4.39 Å². The second-order valence-electron chi connectivity index (χ2n) is 3.38. The highest BCUT2D eigenvalue weighted by atomic mass is 35.5. The van der Waals surface area contributed by atoms with Crippen LogP contribution in [-0.2, 0) is 6.42 Å². The largest absolute Gasteiger partial charge is 0.309 e. The lowest BCUT2D eigenvalue weighted by Gasteiger charge is -2.08. The summed E-state index contributed by atoms with van der Waals surface area (Å²) in [5.41, 5.74) is 0.304. The van der Waals surface area contributed by atoms with Crippen LogP contribution in [0.3, 0.4) is 0 Å². The summed E-state index contributed by atoms with van der Waals surface area (Å²) in [6, 6.07) is 0. The van der Waals surface area contributed by atoms with Gasteiger partial charge in [-0.1, -0.05) is 11.6 Å². The molecular formula is C9H13ClFN3. The van der Waals surface area contributed by atoms with Gasteiger partial charge in [0.15, 0.2) is 11.0 Å². The lowest BCUT2D eigenvalue weighted by atomic mass is 10.3. The fourth-order valence-corrected chi connectivity index (χ4v) is 1.25. The Labute approximate surface area is 87.9 Å². The van der Waals surface area contributed by atoms with E-state index in [1.54, 1.807) is 6.92 Å². The Balaban J connectivity index is 2.79. The van der Waals surface area contributed by atoms with Crippen molar-refractivity contribution >= 4 is 11.6 Å². The SMILES string of the molecule is Cc1nc(CCN(C)C)nc(Cl)c1F. The highest BCUT2D eigenvalue weighted by Crippen LogP contribution is 2.13. The Bertz CT molecular complexity index is 305. The maximum Gasteiger partial charge on any atom is 0.181 e. The molecule has 1 aromatic heterocycles. The molecule has 0 aliphatic carbocycles. The monoisotopic (exact) mass is 217 g/mol. The maximum absolute atomic E-state index is 13.0. The second-order valence-corrected chi connectivity index (χ2v) is 3.74. The van der Waals surface area contributed by atoms with Crippen molar-refractivity contribution in [1.82, 2.24) is 14.9 Å². The van der Waals surface area contributed by atoms with Gasteiger partial charge in [0.05, 0.1) is 5.69 Å². The zero-order valence-corrected chi connectivity index (χ0v) is 9.27. The minimum atomic E-state index is -0.528. The molecule has 0 saturated carbocycles. The molecule has 1 aromatic rings. The molecule has 0 bridgehead atoms. The molecule has 1 heterocycles. The van der Waals surface area contributed by atoms with Crippen molar-refractivity contribution in [3.8, 4) is 0 Å². The zero-order chi connectivity index (χ0) is 10.7. The number of hydrogen-bond donors (Lipinski definition) is 0. The number of rotatable bonds is 3. The molecule has 0 spiro atoms. The van der Waals surface area contributed by atoms with Gasteiger partial charge in [-0.2, -0.15) is 0 Å². The lowest BCUT2D eigenvalue weighted by molar-refractivity contribution is 0.408. The molecule has 0 radical (unpaired) electrons. The van der Waals surface area contributed by atoms with Crippen molar-refractivity contribution in [2.45, 2.75) is 13.3 Å². The molecule has 0 N–H and O–H groups in total. The van der Waals surface area contributed by atoms with Gasteiger partial charge >= 0.3 is 0 Å². The van der Waals surface area contributed by atoms with Gasteiger partial charge in [0.2, 0.25) is 0 Å². The Morgan fingerprint density at radius 2 is 2.00 bits per heavy atom. The summed E-state index contributed by atoms with van der Waals surface area (Å²) < 4.78 is 13.0. The third-order valence-electron chi connectivity index (χ3n) is 1.81. The van der Waals surface area contributed by atoms with Crippen molar-refractivity contribution in [3.05, 3.63) is 22.5 Å². The normalized spacial score (nSPS) is 11.0. The quantitative estimate of drug-likeness (QED) is 0.722. The Hall–Kier alpha value is -0.740. The summed E-state index contributed by atoms with van der Waals surface area (Å²) >= 11 is 5.59. The molecular weight excluding hydrogens is 205 g/mol. The molecule has 14 heavy (non-hydrogen) atoms. The van der Waals surface area contributed by atoms with Crippen molar-refractivity contribution < 1.29 is 4.39 Å². The predicted octanol–water partition coefficient (Wildman–Crippen LogP) is 1.68. The van der Waals surface area contributed by atoms with E-state index in [0.29, 0.717) is 17.9 Å². The summed E-state index contributed by atoms with van der Waals surface area (Å²) in [4.78, 5) is 9.88. The number of hydrogen-bond acceptors (Lipinski definition) is 3. The minimum Gasteiger partial charge on any atom is -0.309 e. The summed E-state index contributed by atoms with van der Waals surface area (Å²) in [5.74, 6) is 0.0582. The van der Waals surface area contributed by atoms with Crippen LogP contribution in [0.1, 0.15) is 11.5 Å². The average Bonchev–Trinajstić information content (AvgIpc) is 2.10. The summed E-state index contributed by atoms with van der Waals surface area (Å²) in [5, 5.41) is -0.0914. The summed E-state index contributed by atoms with van der Waals surface area (Å²) in [6.45, 7) is 2.41. The van der Waals surface area contributed by atoms with E-state index in [2.05, 4.69) is 9.97 Å². The number of nitrogens with zero attached hydrogens (tertiary/aromatic N) is 3. The van der Waals surface area contributed by atoms with Gasteiger partial charge in [0.1, 0.15) is 5.82 Å². The van der Waals surface area contributed by atoms with Gasteiger partial charge in [-0.15, -0.1) is 0 Å². The molecule has 0 aliphatic rings. The molecule has 0 unspecified atom stereocenters. The molecule has 1 rings (SSSR count). The molecule has 5 heteroatoms. The van der Waals surface area contributed by atoms with Crippen LogP contribution in [0.25, 0.3) is 0 Å². The van der Waals surface area contributed by atoms with Crippen LogP contribution in [0.4, 0.5) is 4.39 Å². The highest BCUT2D eigenvalue weighted by Gasteiger charge is 2.08. The third kappa shape index (κ3) is 2.89. The standard InChI is InChI=1S/C9H13ClFN3/c1-6-8(11)9(10)13-7(12-6)4-5-14(2)3/h4-5H2,1-3H3. The summed E-state index contributed by atoms with van der Waals surface area (Å²) in [7, 11) is 3.91. The van der Waals surface area contributed by atoms with Crippen LogP contribution in [0, 0.1) is 12.7 Å². The van der Waals surface area contributed by atoms with Gasteiger partial charge in [0.25, 0.3) is 0 Å². The van der Waals surface area contributed by atoms with Crippen LogP contribution in [-0.4, -0.2) is 35.5 Å². The first-order valence-corrected chi connectivity index (χ1v) is 4.71. The smallest absolute Gasteiger partial charge is 0.181 e. The molecule has 0 fully saturated rings. The van der Waals surface area contributed by atoms with Gasteiger partial charge in [-0.25, -0.2) is 14.4 Å². The predicted molar refractivity (Wildman–Crippen MR) is 54.0 cm³/mol. The average molecular weight is 218 g/mol. The first-order valence-electron chi connectivity index (χ1n) is 4.34. The molecule has 0 amide bonds. The van der Waals surface area contributed by atoms with Gasteiger partial charge in [-0.05, 0) is 21.0 Å². The number of aryl methyl sites for hydroxylation is 1. The van der Waals surface area contributed by atoms with E-state index < -0.39 is 5.82 Å². The van der Waals surface area contributed by atoms with E-state index in [4.69, 9.17) is 11.6 Å². The topological polar surface area (TPSA) is 29.0 Å². The number of likely N-dealkylation sites (N-methyl/N-ethyl adjacent to an activating group) is 1. The lowest BCUT2D eigenvalue weighted by Crippen LogP contribution is -2.16.